The van der Waals surface area contributed by atoms with Crippen molar-refractivity contribution >= 4 is 5.69 Å². The summed E-state index contributed by atoms with van der Waals surface area (Å²) in [4.78, 5) is 12.5. The molecule has 0 aromatic heterocycles. The Bertz CT molecular complexity index is 442. The van der Waals surface area contributed by atoms with Gasteiger partial charge < -0.3 is 10.0 Å². The standard InChI is InChI=1S/C14H20N2O3/c1-11-5-7-15(8-6-11)10-14(17)12-3-2-4-13(9-12)16(18)19/h2-4,9,11,14,17H,5-8,10H2,1H3. The van der Waals surface area contributed by atoms with Crippen LogP contribution in [0.4, 0.5) is 5.69 Å². The highest BCUT2D eigenvalue weighted by molar-refractivity contribution is 5.35. The van der Waals surface area contributed by atoms with Crippen molar-refractivity contribution in [3.8, 4) is 0 Å². The van der Waals surface area contributed by atoms with E-state index in [1.807, 2.05) is 0 Å². The van der Waals surface area contributed by atoms with Gasteiger partial charge in [0.2, 0.25) is 0 Å². The van der Waals surface area contributed by atoms with E-state index in [1.54, 1.807) is 12.1 Å². The number of aliphatic hydroxyl groups is 1. The number of likely N-dealkylation sites (tertiary alicyclic amines) is 1. The molecule has 1 aromatic carbocycles. The van der Waals surface area contributed by atoms with Crippen LogP contribution in [0, 0.1) is 16.0 Å². The predicted molar refractivity (Wildman–Crippen MR) is 72.9 cm³/mol. The quantitative estimate of drug-likeness (QED) is 0.669. The van der Waals surface area contributed by atoms with Gasteiger partial charge in [-0.2, -0.15) is 0 Å². The van der Waals surface area contributed by atoms with Gasteiger partial charge in [-0.25, -0.2) is 0 Å². The number of β-amino-alcohol motifs (C(OH)–C–C–N with tert-alkyl or cyclic N) is 1. The summed E-state index contributed by atoms with van der Waals surface area (Å²) in [6, 6.07) is 6.26. The molecule has 0 spiro atoms. The smallest absolute Gasteiger partial charge is 0.269 e. The van der Waals surface area contributed by atoms with Gasteiger partial charge in [0.1, 0.15) is 0 Å². The number of piperidine rings is 1. The van der Waals surface area contributed by atoms with Crippen LogP contribution in [0.3, 0.4) is 0 Å². The normalized spacial score (nSPS) is 19.3. The van der Waals surface area contributed by atoms with E-state index in [4.69, 9.17) is 0 Å². The molecule has 0 aliphatic carbocycles. The van der Waals surface area contributed by atoms with E-state index in [2.05, 4.69) is 11.8 Å². The van der Waals surface area contributed by atoms with Crippen LogP contribution in [-0.4, -0.2) is 34.6 Å². The molecular weight excluding hydrogens is 244 g/mol. The minimum atomic E-state index is -0.659. The zero-order chi connectivity index (χ0) is 13.8. The third kappa shape index (κ3) is 3.75. The summed E-state index contributed by atoms with van der Waals surface area (Å²) in [7, 11) is 0. The van der Waals surface area contributed by atoms with Gasteiger partial charge in [0, 0.05) is 18.7 Å². The fourth-order valence-corrected chi connectivity index (χ4v) is 2.44. The molecule has 0 radical (unpaired) electrons. The minimum Gasteiger partial charge on any atom is -0.387 e. The maximum absolute atomic E-state index is 10.7. The molecule has 1 aromatic rings. The SMILES string of the molecule is CC1CCN(CC(O)c2cccc([N+](=O)[O-])c2)CC1. The van der Waals surface area contributed by atoms with Gasteiger partial charge in [0.05, 0.1) is 11.0 Å². The largest absolute Gasteiger partial charge is 0.387 e. The van der Waals surface area contributed by atoms with E-state index in [0.29, 0.717) is 12.1 Å². The molecule has 0 amide bonds. The Kier molecular flexibility index (Phi) is 4.50. The lowest BCUT2D eigenvalue weighted by Gasteiger charge is -2.31. The van der Waals surface area contributed by atoms with Crippen molar-refractivity contribution in [2.24, 2.45) is 5.92 Å². The van der Waals surface area contributed by atoms with E-state index in [-0.39, 0.29) is 5.69 Å². The molecule has 5 nitrogen and oxygen atoms in total. The zero-order valence-corrected chi connectivity index (χ0v) is 11.2. The monoisotopic (exact) mass is 264 g/mol. The molecule has 0 bridgehead atoms. The molecule has 5 heteroatoms. The highest BCUT2D eigenvalue weighted by atomic mass is 16.6. The Hall–Kier alpha value is -1.46. The van der Waals surface area contributed by atoms with Crippen molar-refractivity contribution in [2.45, 2.75) is 25.9 Å². The lowest BCUT2D eigenvalue weighted by atomic mass is 9.98. The van der Waals surface area contributed by atoms with Crippen LogP contribution < -0.4 is 0 Å². The Morgan fingerprint density at radius 1 is 1.47 bits per heavy atom. The maximum atomic E-state index is 10.7. The number of nitro groups is 1. The highest BCUT2D eigenvalue weighted by Gasteiger charge is 2.20. The second kappa shape index (κ2) is 6.12. The second-order valence-electron chi connectivity index (χ2n) is 5.35. The average Bonchev–Trinajstić information content (AvgIpc) is 2.41. The van der Waals surface area contributed by atoms with Crippen molar-refractivity contribution in [2.75, 3.05) is 19.6 Å². The number of benzene rings is 1. The first-order valence-electron chi connectivity index (χ1n) is 6.71. The van der Waals surface area contributed by atoms with Gasteiger partial charge in [-0.3, -0.25) is 10.1 Å². The molecular formula is C14H20N2O3. The maximum Gasteiger partial charge on any atom is 0.269 e. The van der Waals surface area contributed by atoms with Crippen molar-refractivity contribution in [3.05, 3.63) is 39.9 Å². The van der Waals surface area contributed by atoms with Gasteiger partial charge in [0.15, 0.2) is 0 Å². The number of nitrogens with zero attached hydrogens (tertiary/aromatic N) is 2. The van der Waals surface area contributed by atoms with Crippen molar-refractivity contribution in [1.29, 1.82) is 0 Å². The summed E-state index contributed by atoms with van der Waals surface area (Å²) in [6.45, 7) is 4.78. The lowest BCUT2D eigenvalue weighted by molar-refractivity contribution is -0.385. The molecule has 1 aliphatic heterocycles. The van der Waals surface area contributed by atoms with Gasteiger partial charge in [-0.15, -0.1) is 0 Å². The van der Waals surface area contributed by atoms with E-state index < -0.39 is 11.0 Å². The van der Waals surface area contributed by atoms with E-state index in [9.17, 15) is 15.2 Å². The molecule has 1 fully saturated rings. The summed E-state index contributed by atoms with van der Waals surface area (Å²) in [5.41, 5.74) is 0.650. The van der Waals surface area contributed by atoms with Gasteiger partial charge >= 0.3 is 0 Å². The van der Waals surface area contributed by atoms with Gasteiger partial charge in [-0.1, -0.05) is 19.1 Å². The third-order valence-electron chi connectivity index (χ3n) is 3.77. The van der Waals surface area contributed by atoms with Gasteiger partial charge in [-0.05, 0) is 37.4 Å². The van der Waals surface area contributed by atoms with Crippen molar-refractivity contribution in [3.63, 3.8) is 0 Å². The first kappa shape index (κ1) is 14.0. The summed E-state index contributed by atoms with van der Waals surface area (Å²) in [6.07, 6.45) is 1.65. The highest BCUT2D eigenvalue weighted by Crippen LogP contribution is 2.22. The number of hydrogen-bond donors (Lipinski definition) is 1. The molecule has 1 aliphatic rings. The molecule has 1 heterocycles. The van der Waals surface area contributed by atoms with Crippen LogP contribution >= 0.6 is 0 Å². The third-order valence-corrected chi connectivity index (χ3v) is 3.77. The molecule has 1 atom stereocenters. The number of hydrogen-bond acceptors (Lipinski definition) is 4. The number of aliphatic hydroxyl groups excluding tert-OH is 1. The molecule has 1 unspecified atom stereocenters. The topological polar surface area (TPSA) is 66.6 Å². The molecule has 0 saturated carbocycles. The summed E-state index contributed by atoms with van der Waals surface area (Å²) in [5, 5.41) is 20.9. The molecule has 2 rings (SSSR count). The van der Waals surface area contributed by atoms with Crippen LogP contribution in [-0.2, 0) is 0 Å². The van der Waals surface area contributed by atoms with Crippen molar-refractivity contribution < 1.29 is 10.0 Å². The Morgan fingerprint density at radius 2 is 2.16 bits per heavy atom. The second-order valence-corrected chi connectivity index (χ2v) is 5.35. The minimum absolute atomic E-state index is 0.0313. The van der Waals surface area contributed by atoms with E-state index in [0.717, 1.165) is 31.8 Å². The van der Waals surface area contributed by atoms with Crippen LogP contribution in [0.15, 0.2) is 24.3 Å². The van der Waals surface area contributed by atoms with Crippen molar-refractivity contribution in [1.82, 2.24) is 4.90 Å². The first-order chi connectivity index (χ1) is 9.06. The van der Waals surface area contributed by atoms with Crippen LogP contribution in [0.25, 0.3) is 0 Å². The Balaban J connectivity index is 1.97. The lowest BCUT2D eigenvalue weighted by Crippen LogP contribution is -2.35. The fraction of sp³-hybridized carbons (Fsp3) is 0.571. The number of non-ortho nitro benzene ring substituents is 1. The molecule has 19 heavy (non-hydrogen) atoms. The van der Waals surface area contributed by atoms with Gasteiger partial charge in [0.25, 0.3) is 5.69 Å². The summed E-state index contributed by atoms with van der Waals surface area (Å²) in [5.74, 6) is 0.756. The number of rotatable bonds is 4. The van der Waals surface area contributed by atoms with E-state index >= 15 is 0 Å². The van der Waals surface area contributed by atoms with E-state index in [1.165, 1.54) is 12.1 Å². The Morgan fingerprint density at radius 3 is 2.79 bits per heavy atom. The molecule has 104 valence electrons. The number of nitro benzene ring substituents is 1. The zero-order valence-electron chi connectivity index (χ0n) is 11.2. The molecule has 1 N–H and O–H groups in total. The Labute approximate surface area is 113 Å². The van der Waals surface area contributed by atoms with Crippen LogP contribution in [0.2, 0.25) is 0 Å². The average molecular weight is 264 g/mol. The fourth-order valence-electron chi connectivity index (χ4n) is 2.44. The van der Waals surface area contributed by atoms with Crippen LogP contribution in [0.1, 0.15) is 31.4 Å². The molecule has 1 saturated heterocycles. The summed E-state index contributed by atoms with van der Waals surface area (Å²) < 4.78 is 0. The van der Waals surface area contributed by atoms with Crippen LogP contribution in [0.5, 0.6) is 0 Å². The first-order valence-corrected chi connectivity index (χ1v) is 6.71. The predicted octanol–water partition coefficient (Wildman–Crippen LogP) is 2.36. The summed E-state index contributed by atoms with van der Waals surface area (Å²) >= 11 is 0.